The fourth-order valence-corrected chi connectivity index (χ4v) is 4.68. The van der Waals surface area contributed by atoms with Crippen molar-refractivity contribution in [2.45, 2.75) is 51.6 Å². The van der Waals surface area contributed by atoms with Gasteiger partial charge in [-0.25, -0.2) is 14.3 Å². The largest absolute Gasteiger partial charge is 0.479 e. The predicted molar refractivity (Wildman–Crippen MR) is 134 cm³/mol. The molecule has 0 aromatic carbocycles. The number of rotatable bonds is 8. The van der Waals surface area contributed by atoms with E-state index < -0.39 is 18.2 Å². The van der Waals surface area contributed by atoms with E-state index in [2.05, 4.69) is 11.7 Å². The lowest BCUT2D eigenvalue weighted by Crippen LogP contribution is -2.43. The van der Waals surface area contributed by atoms with Gasteiger partial charge in [0.2, 0.25) is 11.8 Å². The van der Waals surface area contributed by atoms with Crippen molar-refractivity contribution >= 4 is 22.9 Å². The average molecular weight is 537 g/mol. The van der Waals surface area contributed by atoms with Crippen molar-refractivity contribution in [2.75, 3.05) is 27.3 Å². The van der Waals surface area contributed by atoms with E-state index in [-0.39, 0.29) is 12.8 Å². The zero-order chi connectivity index (χ0) is 27.8. The van der Waals surface area contributed by atoms with Crippen molar-refractivity contribution in [1.82, 2.24) is 29.4 Å². The molecule has 3 aromatic heterocycles. The van der Waals surface area contributed by atoms with Gasteiger partial charge in [-0.2, -0.15) is 23.4 Å². The summed E-state index contributed by atoms with van der Waals surface area (Å²) in [6.45, 7) is 7.61. The van der Waals surface area contributed by atoms with Gasteiger partial charge in [0.1, 0.15) is 11.6 Å². The Morgan fingerprint density at radius 3 is 2.71 bits per heavy atom. The lowest BCUT2D eigenvalue weighted by atomic mass is 10.1. The molecule has 1 amide bonds. The van der Waals surface area contributed by atoms with E-state index in [1.165, 1.54) is 11.8 Å². The Labute approximate surface area is 218 Å². The molecule has 0 spiro atoms. The summed E-state index contributed by atoms with van der Waals surface area (Å²) in [6.07, 6.45) is -1.53. The van der Waals surface area contributed by atoms with Gasteiger partial charge in [-0.05, 0) is 45.3 Å². The van der Waals surface area contributed by atoms with Crippen LogP contribution in [0.5, 0.6) is 11.8 Å². The molecule has 0 aliphatic carbocycles. The molecule has 0 saturated carbocycles. The minimum absolute atomic E-state index is 0.252. The standard InChI is InChI=1S/C25H31F3N6O4/c1-7-17-16-12-18(29-22(36-6)21(16)34(31-17)19-10-8-9-11-37-19)20-15(3)30-33(5)23(20)38-14(2)13-32(4)24(35)25(26,27)28/h7,12,14,19H,1,8-11,13H2,2-6H3/t14-,19?/m0/s1. The molecule has 3 aromatic rings. The number of hydrogen-bond acceptors (Lipinski definition) is 7. The molecule has 206 valence electrons. The molecule has 38 heavy (non-hydrogen) atoms. The second-order valence-corrected chi connectivity index (χ2v) is 9.27. The topological polar surface area (TPSA) is 96.5 Å². The molecule has 1 aliphatic heterocycles. The van der Waals surface area contributed by atoms with Crippen molar-refractivity contribution in [3.63, 3.8) is 0 Å². The Morgan fingerprint density at radius 1 is 1.37 bits per heavy atom. The maximum Gasteiger partial charge on any atom is 0.471 e. The van der Waals surface area contributed by atoms with Gasteiger partial charge in [0.05, 0.1) is 36.3 Å². The highest BCUT2D eigenvalue weighted by molar-refractivity contribution is 5.93. The minimum atomic E-state index is -4.96. The molecule has 0 bridgehead atoms. The van der Waals surface area contributed by atoms with Crippen LogP contribution in [0.25, 0.3) is 28.2 Å². The molecule has 4 rings (SSSR count). The van der Waals surface area contributed by atoms with Crippen molar-refractivity contribution in [3.05, 3.63) is 24.0 Å². The summed E-state index contributed by atoms with van der Waals surface area (Å²) in [5, 5.41) is 9.90. The van der Waals surface area contributed by atoms with Crippen LogP contribution in [0.4, 0.5) is 13.2 Å². The van der Waals surface area contributed by atoms with E-state index in [1.807, 2.05) is 6.07 Å². The number of aryl methyl sites for hydroxylation is 2. The number of alkyl halides is 3. The van der Waals surface area contributed by atoms with Crippen molar-refractivity contribution in [1.29, 1.82) is 0 Å². The molecule has 1 saturated heterocycles. The number of aromatic nitrogens is 5. The van der Waals surface area contributed by atoms with Crippen LogP contribution >= 0.6 is 0 Å². The molecular weight excluding hydrogens is 505 g/mol. The Morgan fingerprint density at radius 2 is 2.11 bits per heavy atom. The van der Waals surface area contributed by atoms with Gasteiger partial charge in [0.25, 0.3) is 0 Å². The van der Waals surface area contributed by atoms with E-state index in [0.717, 1.165) is 31.7 Å². The van der Waals surface area contributed by atoms with Crippen LogP contribution in [-0.2, 0) is 16.6 Å². The predicted octanol–water partition coefficient (Wildman–Crippen LogP) is 4.28. The first-order valence-corrected chi connectivity index (χ1v) is 12.2. The number of fused-ring (bicyclic) bond motifs is 1. The summed E-state index contributed by atoms with van der Waals surface area (Å²) in [6, 6.07) is 1.84. The number of hydrogen-bond donors (Lipinski definition) is 0. The number of carbonyl (C=O) groups excluding carboxylic acids is 1. The number of ether oxygens (including phenoxy) is 3. The van der Waals surface area contributed by atoms with Gasteiger partial charge in [-0.3, -0.25) is 4.79 Å². The third kappa shape index (κ3) is 5.19. The van der Waals surface area contributed by atoms with E-state index in [1.54, 1.807) is 31.7 Å². The monoisotopic (exact) mass is 536 g/mol. The van der Waals surface area contributed by atoms with Gasteiger partial charge in [-0.15, -0.1) is 0 Å². The molecule has 1 aliphatic rings. The molecule has 10 nitrogen and oxygen atoms in total. The SMILES string of the molecule is C=Cc1nn(C2CCCCO2)c2c(OC)nc(-c3c(C)nn(C)c3O[C@@H](C)CN(C)C(=O)C(F)(F)F)cc12. The highest BCUT2D eigenvalue weighted by atomic mass is 19.4. The number of methoxy groups -OCH3 is 1. The molecule has 0 N–H and O–H groups in total. The number of nitrogens with zero attached hydrogens (tertiary/aromatic N) is 6. The average Bonchev–Trinajstić information content (AvgIpc) is 3.38. The third-order valence-corrected chi connectivity index (χ3v) is 6.36. The van der Waals surface area contributed by atoms with Crippen LogP contribution in [0.2, 0.25) is 0 Å². The summed E-state index contributed by atoms with van der Waals surface area (Å²) < 4.78 is 59.4. The Bertz CT molecular complexity index is 1340. The Hall–Kier alpha value is -3.61. The highest BCUT2D eigenvalue weighted by Crippen LogP contribution is 2.39. The van der Waals surface area contributed by atoms with Gasteiger partial charge >= 0.3 is 12.1 Å². The van der Waals surface area contributed by atoms with Crippen LogP contribution in [0.1, 0.15) is 43.8 Å². The summed E-state index contributed by atoms with van der Waals surface area (Å²) in [4.78, 5) is 16.9. The first kappa shape index (κ1) is 27.4. The maximum atomic E-state index is 12.8. The first-order valence-electron chi connectivity index (χ1n) is 12.2. The number of halogens is 3. The minimum Gasteiger partial charge on any atom is -0.479 e. The quantitative estimate of drug-likeness (QED) is 0.424. The second kappa shape index (κ2) is 10.6. The van der Waals surface area contributed by atoms with Gasteiger partial charge < -0.3 is 19.1 Å². The van der Waals surface area contributed by atoms with E-state index in [9.17, 15) is 18.0 Å². The van der Waals surface area contributed by atoms with Crippen molar-refractivity contribution in [3.8, 4) is 23.0 Å². The van der Waals surface area contributed by atoms with Gasteiger partial charge in [0, 0.05) is 26.1 Å². The van der Waals surface area contributed by atoms with E-state index in [4.69, 9.17) is 24.3 Å². The zero-order valence-electron chi connectivity index (χ0n) is 22.0. The van der Waals surface area contributed by atoms with Crippen molar-refractivity contribution in [2.24, 2.45) is 7.05 Å². The van der Waals surface area contributed by atoms with Crippen LogP contribution < -0.4 is 9.47 Å². The second-order valence-electron chi connectivity index (χ2n) is 9.27. The lowest BCUT2D eigenvalue weighted by molar-refractivity contribution is -0.184. The van der Waals surface area contributed by atoms with Crippen LogP contribution in [-0.4, -0.2) is 74.9 Å². The third-order valence-electron chi connectivity index (χ3n) is 6.36. The molecule has 4 heterocycles. The fourth-order valence-electron chi connectivity index (χ4n) is 4.68. The number of carbonyl (C=O) groups is 1. The van der Waals surface area contributed by atoms with Crippen molar-refractivity contribution < 1.29 is 32.2 Å². The lowest BCUT2D eigenvalue weighted by Gasteiger charge is -2.24. The van der Waals surface area contributed by atoms with E-state index >= 15 is 0 Å². The van der Waals surface area contributed by atoms with Crippen LogP contribution in [0, 0.1) is 6.92 Å². The molecule has 1 fully saturated rings. The first-order chi connectivity index (χ1) is 18.0. The summed E-state index contributed by atoms with van der Waals surface area (Å²) in [5.41, 5.74) is 2.91. The van der Waals surface area contributed by atoms with Gasteiger partial charge in [-0.1, -0.05) is 6.58 Å². The molecule has 13 heteroatoms. The summed E-state index contributed by atoms with van der Waals surface area (Å²) >= 11 is 0. The Balaban J connectivity index is 1.74. The van der Waals surface area contributed by atoms with Crippen LogP contribution in [0.3, 0.4) is 0 Å². The van der Waals surface area contributed by atoms with Gasteiger partial charge in [0.15, 0.2) is 6.23 Å². The summed E-state index contributed by atoms with van der Waals surface area (Å²) in [7, 11) is 4.25. The number of likely N-dealkylation sites (N-methyl/N-ethyl adjacent to an activating group) is 1. The smallest absolute Gasteiger partial charge is 0.471 e. The number of pyridine rings is 1. The molecular formula is C25H31F3N6O4. The molecule has 0 radical (unpaired) electrons. The highest BCUT2D eigenvalue weighted by Gasteiger charge is 2.41. The fraction of sp³-hybridized carbons (Fsp3) is 0.520. The Kier molecular flexibility index (Phi) is 7.68. The molecule has 1 unspecified atom stereocenters. The molecule has 2 atom stereocenters. The summed E-state index contributed by atoms with van der Waals surface area (Å²) in [5.74, 6) is -1.33. The number of amides is 1. The van der Waals surface area contributed by atoms with Crippen LogP contribution in [0.15, 0.2) is 12.6 Å². The zero-order valence-corrected chi connectivity index (χ0v) is 22.0. The maximum absolute atomic E-state index is 12.8. The van der Waals surface area contributed by atoms with E-state index in [0.29, 0.717) is 51.4 Å². The normalized spacial score (nSPS) is 16.9.